The summed E-state index contributed by atoms with van der Waals surface area (Å²) in [6, 6.07) is 20.6. The monoisotopic (exact) mass is 969 g/mol. The SMILES string of the molecule is CCOP(=O)(Cc1csc(NC(=O)c2cc(Oc3ccc(S(C)(=O)=O)cc3)cc(C(=O)N3CCCC3)c2)n1)OCC.COC(=O)c1cc(Oc2ccc(S(C)(=O)=O)cc2)cc(C(C)=O)c1. The number of nitrogens with zero attached hydrogens (tertiary/aromatic N) is 2. The van der Waals surface area contributed by atoms with Crippen molar-refractivity contribution in [1.82, 2.24) is 9.88 Å². The number of amides is 2. The van der Waals surface area contributed by atoms with Crippen LogP contribution in [-0.4, -0.2) is 96.2 Å². The minimum absolute atomic E-state index is 0.0308. The fourth-order valence-corrected chi connectivity index (χ4v) is 9.91. The van der Waals surface area contributed by atoms with Crippen LogP contribution >= 0.6 is 18.9 Å². The first-order valence-corrected chi connectivity index (χ1v) is 26.4. The number of rotatable bonds is 17. The molecule has 21 heteroatoms. The number of benzene rings is 4. The smallest absolute Gasteiger partial charge is 0.338 e. The Morgan fingerprint density at radius 1 is 0.708 bits per heavy atom. The Labute approximate surface area is 381 Å². The lowest BCUT2D eigenvalue weighted by Gasteiger charge is -2.17. The van der Waals surface area contributed by atoms with Crippen LogP contribution in [0.5, 0.6) is 23.0 Å². The van der Waals surface area contributed by atoms with Crippen LogP contribution < -0.4 is 14.8 Å². The predicted molar refractivity (Wildman–Crippen MR) is 243 cm³/mol. The summed E-state index contributed by atoms with van der Waals surface area (Å²) >= 11 is 1.16. The highest BCUT2D eigenvalue weighted by atomic mass is 32.2. The summed E-state index contributed by atoms with van der Waals surface area (Å²) in [5, 5.41) is 4.68. The molecule has 0 aliphatic carbocycles. The Bertz CT molecular complexity index is 2800. The largest absolute Gasteiger partial charge is 0.465 e. The van der Waals surface area contributed by atoms with Crippen LogP contribution in [0.15, 0.2) is 100 Å². The van der Waals surface area contributed by atoms with Crippen LogP contribution in [0, 0.1) is 0 Å². The molecule has 6 rings (SSSR count). The summed E-state index contributed by atoms with van der Waals surface area (Å²) in [6.07, 6.45) is 4.02. The highest BCUT2D eigenvalue weighted by Crippen LogP contribution is 2.51. The van der Waals surface area contributed by atoms with Crippen LogP contribution in [0.3, 0.4) is 0 Å². The highest BCUT2D eigenvalue weighted by Gasteiger charge is 2.27. The molecule has 0 radical (unpaired) electrons. The van der Waals surface area contributed by atoms with Gasteiger partial charge in [-0.1, -0.05) is 0 Å². The average Bonchev–Trinajstić information content (AvgIpc) is 3.96. The molecule has 1 aliphatic heterocycles. The van der Waals surface area contributed by atoms with Crippen LogP contribution in [0.4, 0.5) is 5.13 Å². The minimum atomic E-state index is -3.38. The molecule has 5 aromatic rings. The van der Waals surface area contributed by atoms with E-state index in [1.54, 1.807) is 30.2 Å². The van der Waals surface area contributed by atoms with E-state index >= 15 is 0 Å². The van der Waals surface area contributed by atoms with Gasteiger partial charge < -0.3 is 28.2 Å². The molecule has 1 aromatic heterocycles. The number of carbonyl (C=O) groups is 4. The van der Waals surface area contributed by atoms with E-state index < -0.39 is 39.1 Å². The molecule has 4 aromatic carbocycles. The molecule has 0 bridgehead atoms. The van der Waals surface area contributed by atoms with Crippen molar-refractivity contribution in [2.75, 3.05) is 51.2 Å². The lowest BCUT2D eigenvalue weighted by atomic mass is 10.1. The zero-order valence-corrected chi connectivity index (χ0v) is 39.7. The summed E-state index contributed by atoms with van der Waals surface area (Å²) in [7, 11) is -8.79. The van der Waals surface area contributed by atoms with Crippen LogP contribution in [0.25, 0.3) is 0 Å². The number of thiazole rings is 1. The number of sulfone groups is 2. The minimum Gasteiger partial charge on any atom is -0.465 e. The van der Waals surface area contributed by atoms with Crippen LogP contribution in [0.2, 0.25) is 0 Å². The maximum Gasteiger partial charge on any atom is 0.338 e. The van der Waals surface area contributed by atoms with Gasteiger partial charge in [0.1, 0.15) is 23.0 Å². The molecule has 346 valence electrons. The molecule has 2 amide bonds. The number of ketones is 1. The molecular weight excluding hydrogens is 922 g/mol. The van der Waals surface area contributed by atoms with E-state index in [1.807, 2.05) is 0 Å². The zero-order valence-electron chi connectivity index (χ0n) is 36.4. The number of ether oxygens (including phenoxy) is 3. The average molecular weight is 970 g/mol. The molecule has 0 unspecified atom stereocenters. The van der Waals surface area contributed by atoms with E-state index in [0.29, 0.717) is 35.8 Å². The first kappa shape index (κ1) is 50.2. The maximum atomic E-state index is 13.3. The van der Waals surface area contributed by atoms with Gasteiger partial charge in [0, 0.05) is 47.7 Å². The van der Waals surface area contributed by atoms with Crippen LogP contribution in [-0.2, 0) is 44.2 Å². The number of aromatic nitrogens is 1. The fraction of sp³-hybridized carbons (Fsp3) is 0.295. The molecule has 2 heterocycles. The van der Waals surface area contributed by atoms with Gasteiger partial charge in [-0.05, 0) is 119 Å². The van der Waals surface area contributed by atoms with Crippen molar-refractivity contribution in [3.8, 4) is 23.0 Å². The van der Waals surface area contributed by atoms with Crippen molar-refractivity contribution in [3.63, 3.8) is 0 Å². The van der Waals surface area contributed by atoms with E-state index in [-0.39, 0.29) is 74.2 Å². The van der Waals surface area contributed by atoms with Crippen molar-refractivity contribution in [1.29, 1.82) is 0 Å². The van der Waals surface area contributed by atoms with Gasteiger partial charge in [0.05, 0.1) is 47.5 Å². The second kappa shape index (κ2) is 21.9. The lowest BCUT2D eigenvalue weighted by Crippen LogP contribution is -2.28. The summed E-state index contributed by atoms with van der Waals surface area (Å²) in [5.41, 5.74) is 1.41. The molecule has 0 atom stereocenters. The van der Waals surface area contributed by atoms with Gasteiger partial charge in [0.25, 0.3) is 11.8 Å². The zero-order chi connectivity index (χ0) is 47.5. The van der Waals surface area contributed by atoms with E-state index in [4.69, 9.17) is 18.5 Å². The van der Waals surface area contributed by atoms with E-state index in [1.165, 1.54) is 92.9 Å². The van der Waals surface area contributed by atoms with Crippen molar-refractivity contribution in [2.24, 2.45) is 0 Å². The number of likely N-dealkylation sites (tertiary alicyclic amines) is 1. The molecule has 1 aliphatic rings. The van der Waals surface area contributed by atoms with Crippen molar-refractivity contribution < 1.29 is 63.8 Å². The first-order chi connectivity index (χ1) is 30.7. The second-order valence-electron chi connectivity index (χ2n) is 14.4. The Kier molecular flexibility index (Phi) is 17.0. The van der Waals surface area contributed by atoms with E-state index in [2.05, 4.69) is 15.0 Å². The second-order valence-corrected chi connectivity index (χ2v) is 21.4. The molecule has 0 saturated carbocycles. The summed E-state index contributed by atoms with van der Waals surface area (Å²) in [6.45, 7) is 6.54. The van der Waals surface area contributed by atoms with Gasteiger partial charge in [-0.25, -0.2) is 26.6 Å². The molecule has 1 fully saturated rings. The summed E-state index contributed by atoms with van der Waals surface area (Å²) in [5.74, 6) is -0.318. The Hall–Kier alpha value is -5.76. The fourth-order valence-electron chi connectivity index (χ4n) is 6.22. The lowest BCUT2D eigenvalue weighted by molar-refractivity contribution is 0.0599. The van der Waals surface area contributed by atoms with Gasteiger partial charge in [-0.2, -0.15) is 0 Å². The number of methoxy groups -OCH3 is 1. The first-order valence-electron chi connectivity index (χ1n) is 20.0. The van der Waals surface area contributed by atoms with Gasteiger partial charge in [-0.15, -0.1) is 11.3 Å². The van der Waals surface area contributed by atoms with Gasteiger partial charge in [0.2, 0.25) is 0 Å². The van der Waals surface area contributed by atoms with Crippen molar-refractivity contribution >= 4 is 67.3 Å². The number of anilines is 1. The maximum absolute atomic E-state index is 13.3. The Balaban J connectivity index is 0.000000281. The molecule has 65 heavy (non-hydrogen) atoms. The molecule has 1 N–H and O–H groups in total. The third kappa shape index (κ3) is 14.4. The highest BCUT2D eigenvalue weighted by molar-refractivity contribution is 7.91. The normalized spacial score (nSPS) is 12.7. The quantitative estimate of drug-likeness (QED) is 0.0524. The molecular formula is C44H48N3O14PS3. The van der Waals surface area contributed by atoms with Crippen LogP contribution in [0.1, 0.15) is 80.7 Å². The molecule has 1 saturated heterocycles. The number of nitrogens with one attached hydrogen (secondary N) is 1. The van der Waals surface area contributed by atoms with Gasteiger partial charge in [0.15, 0.2) is 30.6 Å². The third-order valence-corrected chi connectivity index (χ3v) is 14.4. The summed E-state index contributed by atoms with van der Waals surface area (Å²) < 4.78 is 86.2. The number of Topliss-reactive ketones (excluding diaryl/α,β-unsaturated/α-hetero) is 1. The van der Waals surface area contributed by atoms with E-state index in [0.717, 1.165) is 36.7 Å². The van der Waals surface area contributed by atoms with E-state index in [9.17, 15) is 40.6 Å². The number of hydrogen-bond donors (Lipinski definition) is 1. The third-order valence-electron chi connectivity index (χ3n) is 9.30. The topological polar surface area (TPSA) is 228 Å². The van der Waals surface area contributed by atoms with Crippen molar-refractivity contribution in [3.05, 3.63) is 118 Å². The number of hydrogen-bond acceptors (Lipinski definition) is 16. The predicted octanol–water partition coefficient (Wildman–Crippen LogP) is 8.46. The number of carbonyl (C=O) groups excluding carboxylic acids is 4. The molecule has 17 nitrogen and oxygen atoms in total. The van der Waals surface area contributed by atoms with Crippen molar-refractivity contribution in [2.45, 2.75) is 49.6 Å². The summed E-state index contributed by atoms with van der Waals surface area (Å²) in [4.78, 5) is 56.2. The van der Waals surface area contributed by atoms with Gasteiger partial charge in [-0.3, -0.25) is 24.3 Å². The standard InChI is InChI=1S/C27H32N3O8PS2.C17H16O6S/c1-4-36-39(33,37-5-2)17-21-18-40-27(28-21)29-25(31)19-14-20(26(32)30-12-6-7-13-30)16-23(15-19)38-22-8-10-24(11-9-22)41(3,34)35;1-11(18)12-8-13(17(19)22-2)10-15(9-12)23-14-4-6-16(7-5-14)24(3,20)21/h8-11,14-16,18H,4-7,12-13,17H2,1-3H3,(H,28,29,31);4-10H,1-3H3. The van der Waals surface area contributed by atoms with Gasteiger partial charge >= 0.3 is 13.6 Å². The number of esters is 1. The molecule has 0 spiro atoms. The Morgan fingerprint density at radius 3 is 1.66 bits per heavy atom. The Morgan fingerprint density at radius 2 is 1.18 bits per heavy atom.